The quantitative estimate of drug-likeness (QED) is 0.661. The van der Waals surface area contributed by atoms with E-state index >= 15 is 0 Å². The Labute approximate surface area is 121 Å². The molecule has 20 heavy (non-hydrogen) atoms. The maximum Gasteiger partial charge on any atom is 0.179 e. The minimum Gasteiger partial charge on any atom is -0.290 e. The third-order valence-electron chi connectivity index (χ3n) is 4.28. The van der Waals surface area contributed by atoms with Gasteiger partial charge in [-0.15, -0.1) is 0 Å². The molecule has 1 nitrogen and oxygen atoms in total. The number of ketones is 1. The normalized spacial score (nSPS) is 29.6. The van der Waals surface area contributed by atoms with Crippen LogP contribution in [0, 0.1) is 11.8 Å². The highest BCUT2D eigenvalue weighted by Crippen LogP contribution is 2.26. The van der Waals surface area contributed by atoms with E-state index in [1.54, 1.807) is 12.2 Å². The fourth-order valence-electron chi connectivity index (χ4n) is 2.44. The van der Waals surface area contributed by atoms with Crippen LogP contribution in [0.2, 0.25) is 0 Å². The summed E-state index contributed by atoms with van der Waals surface area (Å²) in [6.45, 7) is 8.48. The van der Waals surface area contributed by atoms with Crippen molar-refractivity contribution in [3.63, 3.8) is 0 Å². The van der Waals surface area contributed by atoms with Crippen molar-refractivity contribution in [2.24, 2.45) is 11.8 Å². The Balaban J connectivity index is 2.18. The molecule has 0 radical (unpaired) electrons. The molecule has 0 heterocycles. The first kappa shape index (κ1) is 14.5. The monoisotopic (exact) mass is 266 g/mol. The summed E-state index contributed by atoms with van der Waals surface area (Å²) in [5.41, 5.74) is 4.77. The van der Waals surface area contributed by atoms with E-state index in [1.165, 1.54) is 11.1 Å². The molecule has 0 saturated heterocycles. The molecule has 0 spiro atoms. The number of hydrogen-bond acceptors (Lipinski definition) is 1. The lowest BCUT2D eigenvalue weighted by molar-refractivity contribution is -0.110. The van der Waals surface area contributed by atoms with Gasteiger partial charge in [0, 0.05) is 11.8 Å². The van der Waals surface area contributed by atoms with Gasteiger partial charge in [-0.3, -0.25) is 4.79 Å². The minimum atomic E-state index is 0.0763. The predicted molar refractivity (Wildman–Crippen MR) is 85.3 cm³/mol. The highest BCUT2D eigenvalue weighted by Gasteiger charge is 2.14. The Morgan fingerprint density at radius 3 is 1.70 bits per heavy atom. The Kier molecular flexibility index (Phi) is 4.39. The molecular weight excluding hydrogens is 244 g/mol. The molecule has 0 fully saturated rings. The number of hydrogen-bond donors (Lipinski definition) is 0. The summed E-state index contributed by atoms with van der Waals surface area (Å²) < 4.78 is 0. The topological polar surface area (TPSA) is 17.1 Å². The molecule has 0 aromatic rings. The maximum absolute atomic E-state index is 12.2. The number of carbonyl (C=O) groups is 1. The largest absolute Gasteiger partial charge is 0.290 e. The van der Waals surface area contributed by atoms with Gasteiger partial charge >= 0.3 is 0 Å². The van der Waals surface area contributed by atoms with Crippen molar-refractivity contribution >= 4 is 5.78 Å². The molecule has 2 unspecified atom stereocenters. The second kappa shape index (κ2) is 6.04. The second-order valence-electron chi connectivity index (χ2n) is 5.67. The van der Waals surface area contributed by atoms with Crippen molar-refractivity contribution in [2.45, 2.75) is 27.7 Å². The standard InChI is InChI=1S/C19H22O/c1-13-7-5-9-17(15(13)3)11-19(20)12-18-10-6-8-14(2)16(18)4/h5-12,15-16H,1-4H3. The smallest absolute Gasteiger partial charge is 0.179 e. The lowest BCUT2D eigenvalue weighted by Crippen LogP contribution is -2.07. The molecule has 2 aliphatic rings. The van der Waals surface area contributed by atoms with E-state index in [2.05, 4.69) is 39.8 Å². The summed E-state index contributed by atoms with van der Waals surface area (Å²) >= 11 is 0. The average molecular weight is 266 g/mol. The van der Waals surface area contributed by atoms with Crippen LogP contribution in [0.15, 0.2) is 70.9 Å². The zero-order valence-corrected chi connectivity index (χ0v) is 12.7. The lowest BCUT2D eigenvalue weighted by atomic mass is 9.87. The Bertz CT molecular complexity index is 539. The molecule has 0 N–H and O–H groups in total. The molecular formula is C19H22O. The summed E-state index contributed by atoms with van der Waals surface area (Å²) in [4.78, 5) is 12.2. The molecule has 0 bridgehead atoms. The van der Waals surface area contributed by atoms with E-state index in [0.29, 0.717) is 11.8 Å². The van der Waals surface area contributed by atoms with Crippen LogP contribution < -0.4 is 0 Å². The summed E-state index contributed by atoms with van der Waals surface area (Å²) in [5, 5.41) is 0. The first-order valence-corrected chi connectivity index (χ1v) is 7.16. The zero-order chi connectivity index (χ0) is 14.7. The Hall–Kier alpha value is -1.89. The van der Waals surface area contributed by atoms with E-state index in [-0.39, 0.29) is 5.78 Å². The number of carbonyl (C=O) groups excluding carboxylic acids is 1. The molecule has 2 rings (SSSR count). The van der Waals surface area contributed by atoms with Gasteiger partial charge < -0.3 is 0 Å². The van der Waals surface area contributed by atoms with Crippen molar-refractivity contribution < 1.29 is 4.79 Å². The summed E-state index contributed by atoms with van der Waals surface area (Å²) in [7, 11) is 0. The van der Waals surface area contributed by atoms with Gasteiger partial charge in [-0.25, -0.2) is 0 Å². The van der Waals surface area contributed by atoms with E-state index < -0.39 is 0 Å². The average Bonchev–Trinajstić information content (AvgIpc) is 2.40. The van der Waals surface area contributed by atoms with Crippen molar-refractivity contribution in [1.82, 2.24) is 0 Å². The van der Waals surface area contributed by atoms with Gasteiger partial charge in [-0.05, 0) is 37.1 Å². The molecule has 2 atom stereocenters. The second-order valence-corrected chi connectivity index (χ2v) is 5.67. The van der Waals surface area contributed by atoms with E-state index in [0.717, 1.165) is 11.1 Å². The first-order chi connectivity index (χ1) is 9.49. The van der Waals surface area contributed by atoms with Crippen LogP contribution in [-0.2, 0) is 4.79 Å². The van der Waals surface area contributed by atoms with Crippen molar-refractivity contribution in [2.75, 3.05) is 0 Å². The lowest BCUT2D eigenvalue weighted by Gasteiger charge is -2.18. The first-order valence-electron chi connectivity index (χ1n) is 7.16. The molecule has 0 aliphatic heterocycles. The van der Waals surface area contributed by atoms with E-state index in [1.807, 2.05) is 24.3 Å². The molecule has 0 amide bonds. The van der Waals surface area contributed by atoms with Crippen molar-refractivity contribution in [3.8, 4) is 0 Å². The van der Waals surface area contributed by atoms with E-state index in [4.69, 9.17) is 0 Å². The Morgan fingerprint density at radius 2 is 1.30 bits per heavy atom. The van der Waals surface area contributed by atoms with Crippen molar-refractivity contribution in [1.29, 1.82) is 0 Å². The molecule has 0 saturated carbocycles. The maximum atomic E-state index is 12.2. The van der Waals surface area contributed by atoms with Crippen LogP contribution in [0.4, 0.5) is 0 Å². The molecule has 1 heteroatoms. The van der Waals surface area contributed by atoms with Crippen LogP contribution in [0.3, 0.4) is 0 Å². The highest BCUT2D eigenvalue weighted by atomic mass is 16.1. The Morgan fingerprint density at radius 1 is 0.900 bits per heavy atom. The predicted octanol–water partition coefficient (Wildman–Crippen LogP) is 4.71. The number of allylic oxidation sites excluding steroid dienone is 12. The van der Waals surface area contributed by atoms with Gasteiger partial charge in [-0.2, -0.15) is 0 Å². The SMILES string of the molecule is CC1=CC=CC(=CC(=O)C=C2C=CC=C(C)C2C)C1C. The molecule has 0 aromatic carbocycles. The molecule has 0 aromatic heterocycles. The van der Waals surface area contributed by atoms with Crippen LogP contribution in [0.5, 0.6) is 0 Å². The van der Waals surface area contributed by atoms with Crippen LogP contribution >= 0.6 is 0 Å². The van der Waals surface area contributed by atoms with Crippen molar-refractivity contribution in [3.05, 3.63) is 70.9 Å². The number of rotatable bonds is 2. The third-order valence-corrected chi connectivity index (χ3v) is 4.28. The molecule has 104 valence electrons. The fraction of sp³-hybridized carbons (Fsp3) is 0.316. The zero-order valence-electron chi connectivity index (χ0n) is 12.7. The van der Waals surface area contributed by atoms with Gasteiger partial charge in [0.05, 0.1) is 0 Å². The van der Waals surface area contributed by atoms with Gasteiger partial charge in [0.2, 0.25) is 0 Å². The summed E-state index contributed by atoms with van der Waals surface area (Å²) in [6, 6.07) is 0. The van der Waals surface area contributed by atoms with Crippen LogP contribution in [-0.4, -0.2) is 5.78 Å². The fourth-order valence-corrected chi connectivity index (χ4v) is 2.44. The minimum absolute atomic E-state index is 0.0763. The van der Waals surface area contributed by atoms with Gasteiger partial charge in [-0.1, -0.05) is 61.4 Å². The summed E-state index contributed by atoms with van der Waals surface area (Å²) in [5.74, 6) is 0.721. The van der Waals surface area contributed by atoms with E-state index in [9.17, 15) is 4.79 Å². The highest BCUT2D eigenvalue weighted by molar-refractivity contribution is 6.01. The van der Waals surface area contributed by atoms with Crippen LogP contribution in [0.25, 0.3) is 0 Å². The van der Waals surface area contributed by atoms with Crippen LogP contribution in [0.1, 0.15) is 27.7 Å². The van der Waals surface area contributed by atoms with Gasteiger partial charge in [0.15, 0.2) is 5.78 Å². The van der Waals surface area contributed by atoms with Gasteiger partial charge in [0.25, 0.3) is 0 Å². The summed E-state index contributed by atoms with van der Waals surface area (Å²) in [6.07, 6.45) is 15.8. The third kappa shape index (κ3) is 3.16. The molecule has 2 aliphatic carbocycles. The van der Waals surface area contributed by atoms with Gasteiger partial charge in [0.1, 0.15) is 0 Å².